The van der Waals surface area contributed by atoms with Gasteiger partial charge in [0.15, 0.2) is 0 Å². The molecule has 0 aromatic carbocycles. The second-order valence-electron chi connectivity index (χ2n) is 0.575. The molecular formula is C2H6O4SZn. The van der Waals surface area contributed by atoms with Crippen molar-refractivity contribution in [3.05, 3.63) is 7.43 Å². The van der Waals surface area contributed by atoms with E-state index < -0.39 is 10.4 Å². The Labute approximate surface area is 61.9 Å². The van der Waals surface area contributed by atoms with E-state index >= 15 is 0 Å². The zero-order valence-electron chi connectivity index (χ0n) is 4.75. The molecule has 0 N–H and O–H groups in total. The third-order valence-electron chi connectivity index (χ3n) is 0.204. The van der Waals surface area contributed by atoms with Crippen LogP contribution in [0.15, 0.2) is 0 Å². The monoisotopic (exact) mass is 190 g/mol. The van der Waals surface area contributed by atoms with Gasteiger partial charge in [-0.2, -0.15) is 0 Å². The van der Waals surface area contributed by atoms with Crippen LogP contribution < -0.4 is 0 Å². The van der Waals surface area contributed by atoms with Crippen LogP contribution in [0.5, 0.6) is 0 Å². The Morgan fingerprint density at radius 3 is 1.62 bits per heavy atom. The molecule has 0 aliphatic rings. The molecule has 46 valence electrons. The van der Waals surface area contributed by atoms with Crippen molar-refractivity contribution in [2.24, 2.45) is 0 Å². The van der Waals surface area contributed by atoms with E-state index in [-0.39, 0.29) is 26.9 Å². The van der Waals surface area contributed by atoms with Crippen molar-refractivity contribution in [3.63, 3.8) is 0 Å². The normalized spacial score (nSPS) is 8.75. The molecule has 0 rings (SSSR count). The van der Waals surface area contributed by atoms with Gasteiger partial charge in [-0.1, -0.05) is 0 Å². The van der Waals surface area contributed by atoms with Crippen LogP contribution in [-0.2, 0) is 34.1 Å². The Hall–Kier alpha value is 0.493. The molecular weight excluding hydrogens is 185 g/mol. The predicted molar refractivity (Wildman–Crippen MR) is 23.1 cm³/mol. The van der Waals surface area contributed by atoms with Crippen molar-refractivity contribution in [2.75, 3.05) is 7.11 Å². The van der Waals surface area contributed by atoms with Gasteiger partial charge in [-0.3, -0.25) is 4.18 Å². The molecule has 0 saturated heterocycles. The van der Waals surface area contributed by atoms with Gasteiger partial charge in [-0.05, 0) is 0 Å². The molecule has 0 unspecified atom stereocenters. The molecule has 0 bridgehead atoms. The second-order valence-corrected chi connectivity index (χ2v) is 1.72. The van der Waals surface area contributed by atoms with Gasteiger partial charge in [-0.25, -0.2) is 8.42 Å². The fourth-order valence-corrected chi connectivity index (χ4v) is 0. The molecule has 0 saturated carbocycles. The predicted octanol–water partition coefficient (Wildman–Crippen LogP) is -0.459. The first kappa shape index (κ1) is 15.8. The molecule has 0 spiro atoms. The van der Waals surface area contributed by atoms with Gasteiger partial charge in [0.25, 0.3) is 0 Å². The molecule has 6 heteroatoms. The van der Waals surface area contributed by atoms with Crippen LogP contribution in [-0.4, -0.2) is 20.1 Å². The van der Waals surface area contributed by atoms with Crippen molar-refractivity contribution in [3.8, 4) is 0 Å². The van der Waals surface area contributed by atoms with E-state index in [4.69, 9.17) is 0 Å². The molecule has 4 nitrogen and oxygen atoms in total. The minimum atomic E-state index is -4.41. The summed E-state index contributed by atoms with van der Waals surface area (Å²) in [5, 5.41) is 0. The van der Waals surface area contributed by atoms with E-state index in [1.165, 1.54) is 0 Å². The minimum Gasteiger partial charge on any atom is -0.726 e. The molecule has 0 aromatic heterocycles. The Morgan fingerprint density at radius 1 is 1.50 bits per heavy atom. The van der Waals surface area contributed by atoms with Gasteiger partial charge in [-0.15, -0.1) is 0 Å². The summed E-state index contributed by atoms with van der Waals surface area (Å²) in [6.45, 7) is 0. The standard InChI is InChI=1S/CH4O4S.CH3.Zn/c1-5-6(2,3)4;;/h1H3,(H,2,3,4);1H3;/q;-1;+2/p-1. The van der Waals surface area contributed by atoms with Crippen LogP contribution in [0.25, 0.3) is 0 Å². The number of rotatable bonds is 1. The van der Waals surface area contributed by atoms with Gasteiger partial charge in [0, 0.05) is 0 Å². The smallest absolute Gasteiger partial charge is 0.726 e. The van der Waals surface area contributed by atoms with Crippen LogP contribution in [0, 0.1) is 7.43 Å². The number of hydrogen-bond donors (Lipinski definition) is 0. The fraction of sp³-hybridized carbons (Fsp3) is 0.500. The summed E-state index contributed by atoms with van der Waals surface area (Å²) >= 11 is 0. The molecule has 0 aromatic rings. The van der Waals surface area contributed by atoms with E-state index in [1.807, 2.05) is 0 Å². The van der Waals surface area contributed by atoms with Gasteiger partial charge < -0.3 is 12.0 Å². The molecule has 0 aliphatic heterocycles. The molecule has 0 heterocycles. The zero-order valence-corrected chi connectivity index (χ0v) is 8.53. The van der Waals surface area contributed by atoms with Crippen molar-refractivity contribution in [2.45, 2.75) is 0 Å². The second kappa shape index (κ2) is 5.63. The van der Waals surface area contributed by atoms with E-state index in [1.54, 1.807) is 0 Å². The Morgan fingerprint density at radius 2 is 1.62 bits per heavy atom. The summed E-state index contributed by atoms with van der Waals surface area (Å²) in [6.07, 6.45) is 0. The summed E-state index contributed by atoms with van der Waals surface area (Å²) < 4.78 is 31.0. The Balaban J connectivity index is -0.000000125. The first-order valence-electron chi connectivity index (χ1n) is 1.07. The minimum absolute atomic E-state index is 0. The Bertz CT molecular complexity index is 116. The maximum atomic E-state index is 9.22. The van der Waals surface area contributed by atoms with E-state index in [9.17, 15) is 13.0 Å². The van der Waals surface area contributed by atoms with E-state index in [0.29, 0.717) is 0 Å². The van der Waals surface area contributed by atoms with Gasteiger partial charge in [0.1, 0.15) is 0 Å². The summed E-state index contributed by atoms with van der Waals surface area (Å²) in [7, 11) is -3.60. The van der Waals surface area contributed by atoms with Crippen LogP contribution in [0.4, 0.5) is 0 Å². The van der Waals surface area contributed by atoms with Crippen LogP contribution in [0.3, 0.4) is 0 Å². The summed E-state index contributed by atoms with van der Waals surface area (Å²) in [5.41, 5.74) is 0. The van der Waals surface area contributed by atoms with Crippen molar-refractivity contribution >= 4 is 10.4 Å². The maximum absolute atomic E-state index is 9.22. The topological polar surface area (TPSA) is 66.4 Å². The largest absolute Gasteiger partial charge is 2.00 e. The molecule has 0 radical (unpaired) electrons. The average Bonchev–Trinajstić information content (AvgIpc) is 1.35. The van der Waals surface area contributed by atoms with Crippen molar-refractivity contribution in [1.29, 1.82) is 0 Å². The molecule has 8 heavy (non-hydrogen) atoms. The maximum Gasteiger partial charge on any atom is 2.00 e. The average molecular weight is 192 g/mol. The van der Waals surface area contributed by atoms with Crippen LogP contribution in [0.2, 0.25) is 0 Å². The fourth-order valence-electron chi connectivity index (χ4n) is 0. The first-order valence-corrected chi connectivity index (χ1v) is 2.41. The van der Waals surface area contributed by atoms with E-state index in [0.717, 1.165) is 7.11 Å². The van der Waals surface area contributed by atoms with E-state index in [2.05, 4.69) is 4.18 Å². The molecule has 0 aliphatic carbocycles. The molecule has 0 atom stereocenters. The van der Waals surface area contributed by atoms with Crippen LogP contribution >= 0.6 is 0 Å². The van der Waals surface area contributed by atoms with Gasteiger partial charge in [0.05, 0.1) is 7.11 Å². The SMILES string of the molecule is COS(=O)(=O)[O-].[CH3-].[Zn+2]. The van der Waals surface area contributed by atoms with Crippen LogP contribution in [0.1, 0.15) is 0 Å². The van der Waals surface area contributed by atoms with Crippen molar-refractivity contribution in [1.82, 2.24) is 0 Å². The third kappa shape index (κ3) is 16.1. The first-order chi connectivity index (χ1) is 2.56. The summed E-state index contributed by atoms with van der Waals surface area (Å²) in [5.74, 6) is 0. The number of hydrogen-bond acceptors (Lipinski definition) is 4. The third-order valence-corrected chi connectivity index (χ3v) is 0.612. The quantitative estimate of drug-likeness (QED) is 0.244. The van der Waals surface area contributed by atoms with Gasteiger partial charge in [0.2, 0.25) is 10.4 Å². The van der Waals surface area contributed by atoms with Crippen molar-refractivity contribution < 1.29 is 36.6 Å². The summed E-state index contributed by atoms with van der Waals surface area (Å²) in [6, 6.07) is 0. The zero-order chi connectivity index (χ0) is 5.21. The Kier molecular flexibility index (Phi) is 11.1. The van der Waals surface area contributed by atoms with Gasteiger partial charge >= 0.3 is 19.5 Å². The molecule has 0 amide bonds. The molecule has 0 fully saturated rings. The summed E-state index contributed by atoms with van der Waals surface area (Å²) in [4.78, 5) is 0.